The lowest BCUT2D eigenvalue weighted by Crippen LogP contribution is -2.44. The molecular formula is C6H8F3NO4. The summed E-state index contributed by atoms with van der Waals surface area (Å²) in [6.07, 6.45) is -6.46. The van der Waals surface area contributed by atoms with Crippen LogP contribution in [0.1, 0.15) is 6.42 Å². The van der Waals surface area contributed by atoms with Crippen molar-refractivity contribution < 1.29 is 33.0 Å². The van der Waals surface area contributed by atoms with Crippen molar-refractivity contribution in [2.75, 3.05) is 6.61 Å². The summed E-state index contributed by atoms with van der Waals surface area (Å²) in [5.41, 5.74) is 0. The van der Waals surface area contributed by atoms with Crippen LogP contribution >= 0.6 is 0 Å². The van der Waals surface area contributed by atoms with E-state index in [1.54, 1.807) is 0 Å². The highest BCUT2D eigenvalue weighted by atomic mass is 19.4. The minimum Gasteiger partial charge on any atom is -0.480 e. The Bertz CT molecular complexity index is 228. The number of nitrogens with one attached hydrogen (secondary N) is 1. The molecule has 0 rings (SSSR count). The average Bonchev–Trinajstić information content (AvgIpc) is 1.96. The van der Waals surface area contributed by atoms with Gasteiger partial charge in [0.2, 0.25) is 5.91 Å². The molecule has 0 saturated heterocycles. The standard InChI is InChI=1S/C6H8F3NO4/c7-6(8,9)1-4(12)10-3(2-11)5(13)14/h3,11H,1-2H2,(H,10,12)(H,13,14)/t3-/m0/s1. The van der Waals surface area contributed by atoms with Crippen molar-refractivity contribution in [3.8, 4) is 0 Å². The van der Waals surface area contributed by atoms with Gasteiger partial charge in [0.25, 0.3) is 0 Å². The van der Waals surface area contributed by atoms with Gasteiger partial charge in [-0.25, -0.2) is 4.79 Å². The van der Waals surface area contributed by atoms with Crippen molar-refractivity contribution in [2.45, 2.75) is 18.6 Å². The number of amides is 1. The normalized spacial score (nSPS) is 13.4. The van der Waals surface area contributed by atoms with Gasteiger partial charge in [0.05, 0.1) is 6.61 Å². The topological polar surface area (TPSA) is 86.6 Å². The van der Waals surface area contributed by atoms with Gasteiger partial charge in [-0.1, -0.05) is 0 Å². The van der Waals surface area contributed by atoms with Crippen LogP contribution in [0.3, 0.4) is 0 Å². The predicted molar refractivity (Wildman–Crippen MR) is 37.3 cm³/mol. The van der Waals surface area contributed by atoms with Gasteiger partial charge >= 0.3 is 12.1 Å². The number of carbonyl (C=O) groups is 2. The number of hydrogen-bond donors (Lipinski definition) is 3. The number of aliphatic hydroxyl groups is 1. The van der Waals surface area contributed by atoms with Gasteiger partial charge in [0.1, 0.15) is 12.5 Å². The van der Waals surface area contributed by atoms with Crippen LogP contribution in [0.2, 0.25) is 0 Å². The maximum atomic E-state index is 11.6. The van der Waals surface area contributed by atoms with E-state index in [0.29, 0.717) is 0 Å². The van der Waals surface area contributed by atoms with Crippen molar-refractivity contribution in [1.29, 1.82) is 0 Å². The number of aliphatic hydroxyl groups excluding tert-OH is 1. The number of halogens is 3. The summed E-state index contributed by atoms with van der Waals surface area (Å²) in [5, 5.41) is 18.1. The zero-order chi connectivity index (χ0) is 11.4. The molecule has 0 bridgehead atoms. The molecule has 0 unspecified atom stereocenters. The number of rotatable bonds is 4. The van der Waals surface area contributed by atoms with E-state index in [1.165, 1.54) is 5.32 Å². The van der Waals surface area contributed by atoms with Gasteiger partial charge in [-0.05, 0) is 0 Å². The molecule has 82 valence electrons. The fourth-order valence-electron chi connectivity index (χ4n) is 0.613. The SMILES string of the molecule is O=C(CC(F)(F)F)N[C@@H](CO)C(=O)O. The van der Waals surface area contributed by atoms with E-state index >= 15 is 0 Å². The first-order valence-electron chi connectivity index (χ1n) is 3.46. The third-order valence-electron chi connectivity index (χ3n) is 1.18. The lowest BCUT2D eigenvalue weighted by Gasteiger charge is -2.12. The van der Waals surface area contributed by atoms with Crippen LogP contribution in [0.5, 0.6) is 0 Å². The summed E-state index contributed by atoms with van der Waals surface area (Å²) in [7, 11) is 0. The Morgan fingerprint density at radius 3 is 2.14 bits per heavy atom. The molecule has 0 aromatic rings. The fraction of sp³-hybridized carbons (Fsp3) is 0.667. The van der Waals surface area contributed by atoms with Crippen molar-refractivity contribution >= 4 is 11.9 Å². The fourth-order valence-corrected chi connectivity index (χ4v) is 0.613. The summed E-state index contributed by atoms with van der Waals surface area (Å²) in [6.45, 7) is -0.959. The maximum Gasteiger partial charge on any atom is 0.397 e. The molecule has 0 aromatic carbocycles. The minimum atomic E-state index is -4.69. The highest BCUT2D eigenvalue weighted by Gasteiger charge is 2.32. The molecule has 5 nitrogen and oxygen atoms in total. The number of carboxylic acids is 1. The van der Waals surface area contributed by atoms with E-state index in [9.17, 15) is 22.8 Å². The smallest absolute Gasteiger partial charge is 0.397 e. The van der Waals surface area contributed by atoms with Crippen LogP contribution in [0.25, 0.3) is 0 Å². The van der Waals surface area contributed by atoms with Crippen LogP contribution in [0.4, 0.5) is 13.2 Å². The van der Waals surface area contributed by atoms with Gasteiger partial charge in [-0.3, -0.25) is 4.79 Å². The monoisotopic (exact) mass is 215 g/mol. The first kappa shape index (κ1) is 12.7. The molecule has 0 aliphatic carbocycles. The lowest BCUT2D eigenvalue weighted by atomic mass is 10.3. The van der Waals surface area contributed by atoms with E-state index < -0.39 is 37.1 Å². The molecular weight excluding hydrogens is 207 g/mol. The van der Waals surface area contributed by atoms with Crippen LogP contribution in [-0.4, -0.2) is 40.9 Å². The highest BCUT2D eigenvalue weighted by Crippen LogP contribution is 2.18. The Hall–Kier alpha value is -1.31. The molecule has 1 amide bonds. The lowest BCUT2D eigenvalue weighted by molar-refractivity contribution is -0.157. The van der Waals surface area contributed by atoms with E-state index in [2.05, 4.69) is 0 Å². The summed E-state index contributed by atoms with van der Waals surface area (Å²) >= 11 is 0. The molecule has 1 atom stereocenters. The van der Waals surface area contributed by atoms with Crippen molar-refractivity contribution in [1.82, 2.24) is 5.32 Å². The number of hydrogen-bond acceptors (Lipinski definition) is 3. The number of aliphatic carboxylic acids is 1. The Morgan fingerprint density at radius 2 is 1.86 bits per heavy atom. The second kappa shape index (κ2) is 4.80. The van der Waals surface area contributed by atoms with Crippen molar-refractivity contribution in [3.63, 3.8) is 0 Å². The first-order valence-corrected chi connectivity index (χ1v) is 3.46. The van der Waals surface area contributed by atoms with Gasteiger partial charge in [-0.15, -0.1) is 0 Å². The molecule has 0 heterocycles. The number of carboxylic acid groups (broad SMARTS) is 1. The molecule has 0 aliphatic heterocycles. The molecule has 14 heavy (non-hydrogen) atoms. The summed E-state index contributed by atoms with van der Waals surface area (Å²) in [4.78, 5) is 20.7. The average molecular weight is 215 g/mol. The van der Waals surface area contributed by atoms with Crippen molar-refractivity contribution in [2.24, 2.45) is 0 Å². The zero-order valence-electron chi connectivity index (χ0n) is 6.84. The number of carbonyl (C=O) groups excluding carboxylic acids is 1. The van der Waals surface area contributed by atoms with Crippen LogP contribution in [-0.2, 0) is 9.59 Å². The first-order chi connectivity index (χ1) is 6.26. The van der Waals surface area contributed by atoms with Crippen LogP contribution in [0.15, 0.2) is 0 Å². The molecule has 0 spiro atoms. The Morgan fingerprint density at radius 1 is 1.36 bits per heavy atom. The van der Waals surface area contributed by atoms with Gasteiger partial charge in [-0.2, -0.15) is 13.2 Å². The second-order valence-corrected chi connectivity index (χ2v) is 2.43. The zero-order valence-corrected chi connectivity index (χ0v) is 6.84. The quantitative estimate of drug-likeness (QED) is 0.590. The molecule has 0 radical (unpaired) electrons. The van der Waals surface area contributed by atoms with Gasteiger partial charge < -0.3 is 15.5 Å². The van der Waals surface area contributed by atoms with Crippen LogP contribution in [0, 0.1) is 0 Å². The maximum absolute atomic E-state index is 11.6. The Kier molecular flexibility index (Phi) is 4.35. The molecule has 0 aromatic heterocycles. The largest absolute Gasteiger partial charge is 0.480 e. The molecule has 0 aliphatic rings. The summed E-state index contributed by atoms with van der Waals surface area (Å²) < 4.78 is 34.8. The molecule has 3 N–H and O–H groups in total. The molecule has 0 saturated carbocycles. The highest BCUT2D eigenvalue weighted by molar-refractivity contribution is 5.83. The second-order valence-electron chi connectivity index (χ2n) is 2.43. The van der Waals surface area contributed by atoms with Gasteiger partial charge in [0.15, 0.2) is 0 Å². The summed E-state index contributed by atoms with van der Waals surface area (Å²) in [5.74, 6) is -3.08. The van der Waals surface area contributed by atoms with E-state index in [1.807, 2.05) is 0 Å². The van der Waals surface area contributed by atoms with Crippen molar-refractivity contribution in [3.05, 3.63) is 0 Å². The van der Waals surface area contributed by atoms with Gasteiger partial charge in [0, 0.05) is 0 Å². The Labute approximate surface area is 76.5 Å². The van der Waals surface area contributed by atoms with E-state index in [-0.39, 0.29) is 0 Å². The van der Waals surface area contributed by atoms with E-state index in [4.69, 9.17) is 10.2 Å². The Balaban J connectivity index is 4.11. The van der Waals surface area contributed by atoms with E-state index in [0.717, 1.165) is 0 Å². The predicted octanol–water partition coefficient (Wildman–Crippen LogP) is -0.500. The third-order valence-corrected chi connectivity index (χ3v) is 1.18. The minimum absolute atomic E-state index is 0.959. The van der Waals surface area contributed by atoms with Crippen LogP contribution < -0.4 is 5.32 Å². The summed E-state index contributed by atoms with van der Waals surface area (Å²) in [6, 6.07) is -1.70. The number of alkyl halides is 3. The molecule has 0 fully saturated rings. The third kappa shape index (κ3) is 5.36. The molecule has 8 heteroatoms.